The van der Waals surface area contributed by atoms with E-state index in [-0.39, 0.29) is 35.9 Å². The first kappa shape index (κ1) is 24.9. The molecule has 6 nitrogen and oxygen atoms in total. The molecule has 2 aromatic rings. The summed E-state index contributed by atoms with van der Waals surface area (Å²) in [7, 11) is 0. The number of hydrogen-bond donors (Lipinski definition) is 3. The van der Waals surface area contributed by atoms with Gasteiger partial charge in [-0.1, -0.05) is 20.8 Å². The van der Waals surface area contributed by atoms with Crippen LogP contribution < -0.4 is 10.6 Å². The van der Waals surface area contributed by atoms with E-state index in [0.29, 0.717) is 11.7 Å². The van der Waals surface area contributed by atoms with Gasteiger partial charge < -0.3 is 20.2 Å². The Bertz CT molecular complexity index is 762. The maximum absolute atomic E-state index is 10.6. The van der Waals surface area contributed by atoms with Crippen LogP contribution in [-0.2, 0) is 17.4 Å². The molecule has 2 heterocycles. The fourth-order valence-corrected chi connectivity index (χ4v) is 3.46. The lowest BCUT2D eigenvalue weighted by Gasteiger charge is -2.19. The SMILES string of the molecule is CCNC(=NCC(C)(O)c1ccc(C)o1)NCCc1nc(C(C)(C)C)cs1.I. The van der Waals surface area contributed by atoms with Crippen molar-refractivity contribution in [1.82, 2.24) is 15.6 Å². The summed E-state index contributed by atoms with van der Waals surface area (Å²) >= 11 is 1.69. The van der Waals surface area contributed by atoms with Gasteiger partial charge in [0.05, 0.1) is 17.2 Å². The van der Waals surface area contributed by atoms with Crippen LogP contribution in [-0.4, -0.2) is 35.7 Å². The van der Waals surface area contributed by atoms with E-state index >= 15 is 0 Å². The highest BCUT2D eigenvalue weighted by molar-refractivity contribution is 14.0. The molecule has 0 aliphatic heterocycles. The zero-order chi connectivity index (χ0) is 20.1. The fraction of sp³-hybridized carbons (Fsp3) is 0.600. The van der Waals surface area contributed by atoms with Gasteiger partial charge in [0.1, 0.15) is 17.1 Å². The third kappa shape index (κ3) is 7.36. The number of furan rings is 1. The Balaban J connectivity index is 0.00000392. The Hall–Kier alpha value is -1.13. The topological polar surface area (TPSA) is 82.7 Å². The minimum absolute atomic E-state index is 0. The molecular weight excluding hydrogens is 487 g/mol. The number of rotatable bonds is 7. The summed E-state index contributed by atoms with van der Waals surface area (Å²) in [6.07, 6.45) is 0.832. The highest BCUT2D eigenvalue weighted by atomic mass is 127. The van der Waals surface area contributed by atoms with E-state index in [1.54, 1.807) is 24.3 Å². The van der Waals surface area contributed by atoms with Gasteiger partial charge >= 0.3 is 0 Å². The van der Waals surface area contributed by atoms with Gasteiger partial charge in [-0.15, -0.1) is 35.3 Å². The summed E-state index contributed by atoms with van der Waals surface area (Å²) < 4.78 is 5.54. The van der Waals surface area contributed by atoms with Crippen molar-refractivity contribution >= 4 is 41.3 Å². The maximum atomic E-state index is 10.6. The molecule has 0 aliphatic rings. The van der Waals surface area contributed by atoms with Crippen molar-refractivity contribution in [2.75, 3.05) is 19.6 Å². The molecule has 0 saturated carbocycles. The average Bonchev–Trinajstić information content (AvgIpc) is 3.22. The van der Waals surface area contributed by atoms with E-state index < -0.39 is 5.60 Å². The number of hydrogen-bond acceptors (Lipinski definition) is 5. The monoisotopic (exact) mass is 520 g/mol. The quantitative estimate of drug-likeness (QED) is 0.293. The second kappa shape index (κ2) is 10.6. The number of nitrogens with zero attached hydrogens (tertiary/aromatic N) is 2. The molecule has 0 saturated heterocycles. The predicted molar refractivity (Wildman–Crippen MR) is 127 cm³/mol. The summed E-state index contributed by atoms with van der Waals surface area (Å²) in [4.78, 5) is 9.23. The number of halogens is 1. The number of nitrogens with one attached hydrogen (secondary N) is 2. The molecule has 0 bridgehead atoms. The van der Waals surface area contributed by atoms with Gasteiger partial charge in [0.25, 0.3) is 0 Å². The molecule has 8 heteroatoms. The van der Waals surface area contributed by atoms with Gasteiger partial charge in [-0.2, -0.15) is 0 Å². The van der Waals surface area contributed by atoms with Crippen LogP contribution in [0.3, 0.4) is 0 Å². The highest BCUT2D eigenvalue weighted by Gasteiger charge is 2.26. The maximum Gasteiger partial charge on any atom is 0.191 e. The van der Waals surface area contributed by atoms with Gasteiger partial charge in [0, 0.05) is 30.3 Å². The molecule has 1 atom stereocenters. The number of aliphatic imine (C=N–C) groups is 1. The Morgan fingerprint density at radius 3 is 2.50 bits per heavy atom. The second-order valence-corrected chi connectivity index (χ2v) is 8.88. The fourth-order valence-electron chi connectivity index (χ4n) is 2.43. The predicted octanol–water partition coefficient (Wildman–Crippen LogP) is 3.97. The van der Waals surface area contributed by atoms with Crippen LogP contribution in [0, 0.1) is 6.92 Å². The van der Waals surface area contributed by atoms with Crippen molar-refractivity contribution < 1.29 is 9.52 Å². The number of aryl methyl sites for hydroxylation is 1. The highest BCUT2D eigenvalue weighted by Crippen LogP contribution is 2.24. The van der Waals surface area contributed by atoms with Crippen molar-refractivity contribution in [3.8, 4) is 0 Å². The second-order valence-electron chi connectivity index (χ2n) is 7.93. The van der Waals surface area contributed by atoms with Gasteiger partial charge in [0.15, 0.2) is 5.96 Å². The van der Waals surface area contributed by atoms with E-state index in [9.17, 15) is 5.11 Å². The van der Waals surface area contributed by atoms with Crippen LogP contribution in [0.5, 0.6) is 0 Å². The Kier molecular flexibility index (Phi) is 9.42. The lowest BCUT2D eigenvalue weighted by atomic mass is 9.93. The van der Waals surface area contributed by atoms with Crippen molar-refractivity contribution in [3.63, 3.8) is 0 Å². The molecule has 158 valence electrons. The van der Waals surface area contributed by atoms with Gasteiger partial charge in [0.2, 0.25) is 0 Å². The van der Waals surface area contributed by atoms with Crippen molar-refractivity contribution in [1.29, 1.82) is 0 Å². The minimum Gasteiger partial charge on any atom is -0.463 e. The molecule has 3 N–H and O–H groups in total. The average molecular weight is 520 g/mol. The van der Waals surface area contributed by atoms with Crippen LogP contribution in [0.1, 0.15) is 56.8 Å². The smallest absolute Gasteiger partial charge is 0.191 e. The zero-order valence-corrected chi connectivity index (χ0v) is 20.8. The van der Waals surface area contributed by atoms with Crippen LogP contribution >= 0.6 is 35.3 Å². The first-order valence-corrected chi connectivity index (χ1v) is 10.3. The standard InChI is InChI=1S/C20H32N4O2S.HI/c1-7-21-18(23-13-20(6,25)16-9-8-14(2)26-16)22-11-10-17-24-15(12-27-17)19(3,4)5;/h8-9,12,25H,7,10-11,13H2,1-6H3,(H2,21,22,23);1H. The van der Waals surface area contributed by atoms with Gasteiger partial charge in [-0.25, -0.2) is 9.98 Å². The van der Waals surface area contributed by atoms with E-state index in [2.05, 4.69) is 41.8 Å². The van der Waals surface area contributed by atoms with Crippen LogP contribution in [0.15, 0.2) is 26.9 Å². The molecule has 0 radical (unpaired) electrons. The molecule has 2 rings (SSSR count). The summed E-state index contributed by atoms with van der Waals surface area (Å²) in [5.41, 5.74) is 0.0647. The van der Waals surface area contributed by atoms with E-state index in [4.69, 9.17) is 9.40 Å². The van der Waals surface area contributed by atoms with E-state index in [0.717, 1.165) is 36.0 Å². The Morgan fingerprint density at radius 2 is 1.96 bits per heavy atom. The normalized spacial score (nSPS) is 14.3. The number of aliphatic hydroxyl groups is 1. The van der Waals surface area contributed by atoms with E-state index in [1.165, 1.54) is 0 Å². The summed E-state index contributed by atoms with van der Waals surface area (Å²) in [6, 6.07) is 3.64. The zero-order valence-electron chi connectivity index (χ0n) is 17.6. The Labute approximate surface area is 189 Å². The van der Waals surface area contributed by atoms with Gasteiger partial charge in [-0.05, 0) is 32.9 Å². The van der Waals surface area contributed by atoms with Crippen molar-refractivity contribution in [2.45, 2.75) is 59.0 Å². The lowest BCUT2D eigenvalue weighted by Crippen LogP contribution is -2.39. The van der Waals surface area contributed by atoms with Crippen LogP contribution in [0.4, 0.5) is 0 Å². The molecule has 0 aliphatic carbocycles. The van der Waals surface area contributed by atoms with Crippen molar-refractivity contribution in [2.24, 2.45) is 4.99 Å². The van der Waals surface area contributed by atoms with Crippen LogP contribution in [0.25, 0.3) is 0 Å². The molecule has 0 fully saturated rings. The summed E-state index contributed by atoms with van der Waals surface area (Å²) in [5.74, 6) is 1.98. The first-order chi connectivity index (χ1) is 12.6. The molecular formula is C20H33IN4O2S. The van der Waals surface area contributed by atoms with Gasteiger partial charge in [-0.3, -0.25) is 0 Å². The third-order valence-electron chi connectivity index (χ3n) is 4.11. The van der Waals surface area contributed by atoms with Crippen molar-refractivity contribution in [3.05, 3.63) is 39.7 Å². The number of thiazole rings is 1. The largest absolute Gasteiger partial charge is 0.463 e. The van der Waals surface area contributed by atoms with E-state index in [1.807, 2.05) is 19.9 Å². The summed E-state index contributed by atoms with van der Waals surface area (Å²) in [6.45, 7) is 13.8. The van der Waals surface area contributed by atoms with Crippen LogP contribution in [0.2, 0.25) is 0 Å². The molecule has 28 heavy (non-hydrogen) atoms. The molecule has 0 spiro atoms. The molecule has 0 amide bonds. The molecule has 1 unspecified atom stereocenters. The third-order valence-corrected chi connectivity index (χ3v) is 5.02. The molecule has 0 aromatic carbocycles. The number of aromatic nitrogens is 1. The minimum atomic E-state index is -1.15. The summed E-state index contributed by atoms with van der Waals surface area (Å²) in [5, 5.41) is 20.4. The Morgan fingerprint density at radius 1 is 1.25 bits per heavy atom. The number of guanidine groups is 1. The lowest BCUT2D eigenvalue weighted by molar-refractivity contribution is 0.0428. The first-order valence-electron chi connectivity index (χ1n) is 9.38. The molecule has 2 aromatic heterocycles.